The molecule has 0 aliphatic heterocycles. The largest absolute Gasteiger partial charge is 0.443 e. The highest BCUT2D eigenvalue weighted by molar-refractivity contribution is 5.79. The molecule has 0 unspecified atom stereocenters. The Labute approximate surface area is 122 Å². The number of hydrogen-bond donors (Lipinski definition) is 1. The summed E-state index contributed by atoms with van der Waals surface area (Å²) in [5.41, 5.74) is 0.540. The lowest BCUT2D eigenvalue weighted by molar-refractivity contribution is 0.0540. The highest BCUT2D eigenvalue weighted by atomic mass is 19.1. The van der Waals surface area contributed by atoms with Gasteiger partial charge in [0.2, 0.25) is 0 Å². The van der Waals surface area contributed by atoms with Crippen LogP contribution in [-0.4, -0.2) is 21.4 Å². The lowest BCUT2D eigenvalue weighted by Gasteiger charge is -2.20. The molecule has 2 aromatic rings. The molecule has 0 atom stereocenters. The van der Waals surface area contributed by atoms with Crippen LogP contribution in [-0.2, 0) is 11.3 Å². The molecule has 1 N–H and O–H groups in total. The van der Waals surface area contributed by atoms with E-state index in [-0.39, 0.29) is 12.2 Å². The van der Waals surface area contributed by atoms with E-state index in [4.69, 9.17) is 9.84 Å². The Bertz CT molecular complexity index is 656. The molecule has 0 aliphatic rings. The maximum absolute atomic E-state index is 14.1. The summed E-state index contributed by atoms with van der Waals surface area (Å²) < 4.78 is 20.7. The number of halogens is 1. The molecule has 2 rings (SSSR count). The molecule has 0 radical (unpaired) electrons. The van der Waals surface area contributed by atoms with E-state index in [9.17, 15) is 9.18 Å². The Kier molecular flexibility index (Phi) is 4.14. The Morgan fingerprint density at radius 2 is 2.05 bits per heavy atom. The molecule has 1 aromatic heterocycles. The SMILES string of the molecule is CC(C)(C)OC(=O)n1cccc1-c1ccc(CO)cc1F. The third-order valence-corrected chi connectivity index (χ3v) is 2.83. The van der Waals surface area contributed by atoms with Gasteiger partial charge < -0.3 is 9.84 Å². The Morgan fingerprint density at radius 1 is 1.33 bits per heavy atom. The van der Waals surface area contributed by atoms with E-state index in [0.29, 0.717) is 11.3 Å². The first kappa shape index (κ1) is 15.3. The van der Waals surface area contributed by atoms with E-state index in [2.05, 4.69) is 0 Å². The fourth-order valence-electron chi connectivity index (χ4n) is 1.94. The molecule has 1 aromatic carbocycles. The molecule has 0 saturated heterocycles. The molecule has 0 spiro atoms. The fourth-order valence-corrected chi connectivity index (χ4v) is 1.94. The van der Waals surface area contributed by atoms with Crippen molar-refractivity contribution in [1.82, 2.24) is 4.57 Å². The molecule has 21 heavy (non-hydrogen) atoms. The highest BCUT2D eigenvalue weighted by Gasteiger charge is 2.20. The van der Waals surface area contributed by atoms with Crippen LogP contribution in [0.4, 0.5) is 9.18 Å². The van der Waals surface area contributed by atoms with Gasteiger partial charge in [-0.15, -0.1) is 0 Å². The van der Waals surface area contributed by atoms with Gasteiger partial charge in [0.15, 0.2) is 0 Å². The van der Waals surface area contributed by atoms with E-state index >= 15 is 0 Å². The van der Waals surface area contributed by atoms with Crippen molar-refractivity contribution in [3.63, 3.8) is 0 Å². The maximum Gasteiger partial charge on any atom is 0.418 e. The zero-order valence-corrected chi connectivity index (χ0v) is 12.3. The number of carbonyl (C=O) groups excluding carboxylic acids is 1. The van der Waals surface area contributed by atoms with Crippen LogP contribution in [0.25, 0.3) is 11.3 Å². The molecule has 5 heteroatoms. The van der Waals surface area contributed by atoms with Gasteiger partial charge in [-0.2, -0.15) is 0 Å². The second kappa shape index (κ2) is 5.69. The van der Waals surface area contributed by atoms with Crippen LogP contribution in [0.15, 0.2) is 36.5 Å². The zero-order chi connectivity index (χ0) is 15.6. The van der Waals surface area contributed by atoms with E-state index in [1.54, 1.807) is 39.0 Å². The molecule has 1 heterocycles. The normalized spacial score (nSPS) is 11.5. The standard InChI is InChI=1S/C16H18FNO3/c1-16(2,3)21-15(20)18-8-4-5-14(18)12-7-6-11(10-19)9-13(12)17/h4-9,19H,10H2,1-3H3. The minimum Gasteiger partial charge on any atom is -0.443 e. The van der Waals surface area contributed by atoms with Crippen LogP contribution in [0.3, 0.4) is 0 Å². The molecule has 0 aliphatic carbocycles. The summed E-state index contributed by atoms with van der Waals surface area (Å²) in [5.74, 6) is -0.495. The maximum atomic E-state index is 14.1. The second-order valence-electron chi connectivity index (χ2n) is 5.72. The number of aromatic nitrogens is 1. The summed E-state index contributed by atoms with van der Waals surface area (Å²) in [6, 6.07) is 7.70. The van der Waals surface area contributed by atoms with Gasteiger partial charge >= 0.3 is 6.09 Å². The molecule has 112 valence electrons. The van der Waals surface area contributed by atoms with Gasteiger partial charge in [-0.25, -0.2) is 9.18 Å². The van der Waals surface area contributed by atoms with Crippen molar-refractivity contribution >= 4 is 6.09 Å². The Morgan fingerprint density at radius 3 is 2.62 bits per heavy atom. The van der Waals surface area contributed by atoms with Crippen molar-refractivity contribution in [2.45, 2.75) is 33.0 Å². The van der Waals surface area contributed by atoms with Crippen molar-refractivity contribution in [3.05, 3.63) is 47.9 Å². The summed E-state index contributed by atoms with van der Waals surface area (Å²) in [5, 5.41) is 9.01. The van der Waals surface area contributed by atoms with Crippen molar-refractivity contribution in [1.29, 1.82) is 0 Å². The fraction of sp³-hybridized carbons (Fsp3) is 0.312. The van der Waals surface area contributed by atoms with E-state index in [0.717, 1.165) is 0 Å². The van der Waals surface area contributed by atoms with E-state index < -0.39 is 17.5 Å². The highest BCUT2D eigenvalue weighted by Crippen LogP contribution is 2.25. The van der Waals surface area contributed by atoms with Gasteiger partial charge in [0.25, 0.3) is 0 Å². The van der Waals surface area contributed by atoms with Crippen LogP contribution in [0.5, 0.6) is 0 Å². The lowest BCUT2D eigenvalue weighted by Crippen LogP contribution is -2.27. The summed E-state index contributed by atoms with van der Waals surface area (Å²) in [6.45, 7) is 5.07. The predicted octanol–water partition coefficient (Wildman–Crippen LogP) is 3.57. The van der Waals surface area contributed by atoms with Crippen LogP contribution in [0.1, 0.15) is 26.3 Å². The zero-order valence-electron chi connectivity index (χ0n) is 12.3. The van der Waals surface area contributed by atoms with Gasteiger partial charge in [-0.3, -0.25) is 4.57 Å². The van der Waals surface area contributed by atoms with Gasteiger partial charge in [0.1, 0.15) is 11.4 Å². The number of benzene rings is 1. The number of rotatable bonds is 2. The summed E-state index contributed by atoms with van der Waals surface area (Å²) >= 11 is 0. The molecule has 4 nitrogen and oxygen atoms in total. The molecule has 0 amide bonds. The summed E-state index contributed by atoms with van der Waals surface area (Å²) in [6.07, 6.45) is 0.969. The van der Waals surface area contributed by atoms with Crippen molar-refractivity contribution in [3.8, 4) is 11.3 Å². The monoisotopic (exact) mass is 291 g/mol. The van der Waals surface area contributed by atoms with Crippen molar-refractivity contribution in [2.75, 3.05) is 0 Å². The van der Waals surface area contributed by atoms with Crippen LogP contribution >= 0.6 is 0 Å². The molecular weight excluding hydrogens is 273 g/mol. The Balaban J connectivity index is 2.39. The second-order valence-corrected chi connectivity index (χ2v) is 5.72. The lowest BCUT2D eigenvalue weighted by atomic mass is 10.1. The quantitative estimate of drug-likeness (QED) is 0.920. The van der Waals surface area contributed by atoms with E-state index in [1.807, 2.05) is 0 Å². The first-order valence-electron chi connectivity index (χ1n) is 6.62. The molecule has 0 bridgehead atoms. The third kappa shape index (κ3) is 3.49. The summed E-state index contributed by atoms with van der Waals surface area (Å²) in [4.78, 5) is 12.1. The number of hydrogen-bond acceptors (Lipinski definition) is 3. The van der Waals surface area contributed by atoms with Gasteiger partial charge in [0.05, 0.1) is 12.3 Å². The predicted molar refractivity (Wildman–Crippen MR) is 77.4 cm³/mol. The number of carbonyl (C=O) groups is 1. The van der Waals surface area contributed by atoms with Crippen LogP contribution in [0.2, 0.25) is 0 Å². The molecule has 0 fully saturated rings. The Hall–Kier alpha value is -2.14. The van der Waals surface area contributed by atoms with Gasteiger partial charge in [-0.1, -0.05) is 6.07 Å². The number of nitrogens with zero attached hydrogens (tertiary/aromatic N) is 1. The van der Waals surface area contributed by atoms with Gasteiger partial charge in [-0.05, 0) is 50.6 Å². The minimum absolute atomic E-state index is 0.232. The van der Waals surface area contributed by atoms with E-state index in [1.165, 1.54) is 22.9 Å². The number of aliphatic hydroxyl groups is 1. The van der Waals surface area contributed by atoms with Crippen molar-refractivity contribution < 1.29 is 19.0 Å². The van der Waals surface area contributed by atoms with Crippen LogP contribution in [0, 0.1) is 5.82 Å². The van der Waals surface area contributed by atoms with Gasteiger partial charge in [0, 0.05) is 11.8 Å². The third-order valence-electron chi connectivity index (χ3n) is 2.83. The molecule has 0 saturated carbocycles. The van der Waals surface area contributed by atoms with Crippen molar-refractivity contribution in [2.24, 2.45) is 0 Å². The average molecular weight is 291 g/mol. The smallest absolute Gasteiger partial charge is 0.418 e. The number of aliphatic hydroxyl groups excluding tert-OH is 1. The first-order valence-corrected chi connectivity index (χ1v) is 6.62. The van der Waals surface area contributed by atoms with Crippen LogP contribution < -0.4 is 0 Å². The topological polar surface area (TPSA) is 51.5 Å². The minimum atomic E-state index is -0.627. The first-order chi connectivity index (χ1) is 9.81. The summed E-state index contributed by atoms with van der Waals surface area (Å²) in [7, 11) is 0. The number of ether oxygens (including phenoxy) is 1. The molecular formula is C16H18FNO3. The average Bonchev–Trinajstić information content (AvgIpc) is 2.85.